The molecule has 1 fully saturated rings. The summed E-state index contributed by atoms with van der Waals surface area (Å²) in [5.74, 6) is 1.17. The first kappa shape index (κ1) is 9.49. The van der Waals surface area contributed by atoms with Gasteiger partial charge in [-0.3, -0.25) is 0 Å². The van der Waals surface area contributed by atoms with E-state index >= 15 is 0 Å². The SMILES string of the molecule is COc1ccc([C@@H]2COC(O)C2)cc1. The van der Waals surface area contributed by atoms with Crippen LogP contribution in [-0.2, 0) is 4.74 Å². The summed E-state index contributed by atoms with van der Waals surface area (Å²) in [6, 6.07) is 7.90. The van der Waals surface area contributed by atoms with Gasteiger partial charge in [-0.2, -0.15) is 0 Å². The molecule has 2 rings (SSSR count). The van der Waals surface area contributed by atoms with Crippen LogP contribution in [0.4, 0.5) is 0 Å². The first-order chi connectivity index (χ1) is 6.79. The fraction of sp³-hybridized carbons (Fsp3) is 0.455. The number of hydrogen-bond acceptors (Lipinski definition) is 3. The molecule has 3 heteroatoms. The van der Waals surface area contributed by atoms with Crippen LogP contribution in [0.1, 0.15) is 17.9 Å². The molecule has 0 bridgehead atoms. The van der Waals surface area contributed by atoms with E-state index in [0.29, 0.717) is 18.9 Å². The molecule has 14 heavy (non-hydrogen) atoms. The zero-order valence-corrected chi connectivity index (χ0v) is 8.14. The number of benzene rings is 1. The Bertz CT molecular complexity index is 294. The van der Waals surface area contributed by atoms with Crippen molar-refractivity contribution in [3.05, 3.63) is 29.8 Å². The van der Waals surface area contributed by atoms with Crippen LogP contribution >= 0.6 is 0 Å². The second-order valence-corrected chi connectivity index (χ2v) is 3.49. The summed E-state index contributed by atoms with van der Waals surface area (Å²) in [5.41, 5.74) is 1.20. The van der Waals surface area contributed by atoms with Gasteiger partial charge in [0.05, 0.1) is 13.7 Å². The molecular weight excluding hydrogens is 180 g/mol. The molecule has 1 aliphatic rings. The minimum atomic E-state index is -0.595. The summed E-state index contributed by atoms with van der Waals surface area (Å²) in [7, 11) is 1.65. The summed E-state index contributed by atoms with van der Waals surface area (Å²) in [6.45, 7) is 0.605. The maximum absolute atomic E-state index is 9.21. The first-order valence-electron chi connectivity index (χ1n) is 4.73. The first-order valence-corrected chi connectivity index (χ1v) is 4.73. The summed E-state index contributed by atoms with van der Waals surface area (Å²) < 4.78 is 10.2. The lowest BCUT2D eigenvalue weighted by Gasteiger charge is -2.08. The van der Waals surface area contributed by atoms with E-state index < -0.39 is 6.29 Å². The van der Waals surface area contributed by atoms with Crippen molar-refractivity contribution in [1.29, 1.82) is 0 Å². The molecule has 1 aromatic rings. The highest BCUT2D eigenvalue weighted by atomic mass is 16.6. The van der Waals surface area contributed by atoms with Gasteiger partial charge in [-0.1, -0.05) is 12.1 Å². The van der Waals surface area contributed by atoms with E-state index in [9.17, 15) is 5.11 Å². The van der Waals surface area contributed by atoms with Gasteiger partial charge in [0.25, 0.3) is 0 Å². The minimum Gasteiger partial charge on any atom is -0.497 e. The Morgan fingerprint density at radius 1 is 1.36 bits per heavy atom. The third kappa shape index (κ3) is 1.89. The van der Waals surface area contributed by atoms with Gasteiger partial charge in [0.15, 0.2) is 6.29 Å². The Morgan fingerprint density at radius 3 is 2.57 bits per heavy atom. The Kier molecular flexibility index (Phi) is 2.70. The molecule has 76 valence electrons. The summed E-state index contributed by atoms with van der Waals surface area (Å²) in [5, 5.41) is 9.21. The molecule has 1 unspecified atom stereocenters. The molecule has 0 radical (unpaired) electrons. The normalized spacial score (nSPS) is 26.4. The average molecular weight is 194 g/mol. The number of hydrogen-bond donors (Lipinski definition) is 1. The lowest BCUT2D eigenvalue weighted by atomic mass is 9.98. The quantitative estimate of drug-likeness (QED) is 0.775. The Morgan fingerprint density at radius 2 is 2.07 bits per heavy atom. The van der Waals surface area contributed by atoms with Crippen LogP contribution in [0.2, 0.25) is 0 Å². The summed E-state index contributed by atoms with van der Waals surface area (Å²) in [4.78, 5) is 0. The highest BCUT2D eigenvalue weighted by Gasteiger charge is 2.24. The molecule has 1 saturated heterocycles. The van der Waals surface area contributed by atoms with Crippen LogP contribution in [0.25, 0.3) is 0 Å². The molecule has 1 aliphatic heterocycles. The van der Waals surface area contributed by atoms with Gasteiger partial charge in [-0.05, 0) is 17.7 Å². The smallest absolute Gasteiger partial charge is 0.155 e. The Labute approximate surface area is 83.3 Å². The van der Waals surface area contributed by atoms with Crippen LogP contribution in [-0.4, -0.2) is 25.1 Å². The van der Waals surface area contributed by atoms with Crippen LogP contribution in [0.15, 0.2) is 24.3 Å². The summed E-state index contributed by atoms with van der Waals surface area (Å²) >= 11 is 0. The fourth-order valence-corrected chi connectivity index (χ4v) is 1.72. The van der Waals surface area contributed by atoms with Gasteiger partial charge < -0.3 is 14.6 Å². The molecule has 1 aromatic carbocycles. The zero-order valence-electron chi connectivity index (χ0n) is 8.14. The minimum absolute atomic E-state index is 0.316. The monoisotopic (exact) mass is 194 g/mol. The van der Waals surface area contributed by atoms with Crippen molar-refractivity contribution in [2.75, 3.05) is 13.7 Å². The van der Waals surface area contributed by atoms with Crippen LogP contribution in [0.5, 0.6) is 5.75 Å². The number of aliphatic hydroxyl groups excluding tert-OH is 1. The maximum atomic E-state index is 9.21. The van der Waals surface area contributed by atoms with Crippen molar-refractivity contribution in [1.82, 2.24) is 0 Å². The van der Waals surface area contributed by atoms with Crippen LogP contribution < -0.4 is 4.74 Å². The standard InChI is InChI=1S/C11H14O3/c1-13-10-4-2-8(3-5-10)9-6-11(12)14-7-9/h2-5,9,11-12H,6-7H2,1H3/t9-,11?/m0/s1. The molecule has 0 aliphatic carbocycles. The van der Waals surface area contributed by atoms with E-state index in [1.807, 2.05) is 24.3 Å². The van der Waals surface area contributed by atoms with E-state index in [1.165, 1.54) is 5.56 Å². The van der Waals surface area contributed by atoms with Crippen molar-refractivity contribution in [2.45, 2.75) is 18.6 Å². The van der Waals surface area contributed by atoms with Gasteiger partial charge in [0, 0.05) is 12.3 Å². The van der Waals surface area contributed by atoms with E-state index in [1.54, 1.807) is 7.11 Å². The average Bonchev–Trinajstić information content (AvgIpc) is 2.65. The van der Waals surface area contributed by atoms with Crippen molar-refractivity contribution >= 4 is 0 Å². The van der Waals surface area contributed by atoms with Crippen molar-refractivity contribution < 1.29 is 14.6 Å². The topological polar surface area (TPSA) is 38.7 Å². The van der Waals surface area contributed by atoms with E-state index in [0.717, 1.165) is 5.75 Å². The Balaban J connectivity index is 2.09. The largest absolute Gasteiger partial charge is 0.497 e. The molecule has 3 nitrogen and oxygen atoms in total. The van der Waals surface area contributed by atoms with Gasteiger partial charge in [-0.15, -0.1) is 0 Å². The van der Waals surface area contributed by atoms with Gasteiger partial charge >= 0.3 is 0 Å². The van der Waals surface area contributed by atoms with Gasteiger partial charge in [-0.25, -0.2) is 0 Å². The third-order valence-corrected chi connectivity index (χ3v) is 2.56. The summed E-state index contributed by atoms with van der Waals surface area (Å²) in [6.07, 6.45) is 0.0916. The number of methoxy groups -OCH3 is 1. The van der Waals surface area contributed by atoms with E-state index in [4.69, 9.17) is 9.47 Å². The molecule has 2 atom stereocenters. The van der Waals surface area contributed by atoms with E-state index in [-0.39, 0.29) is 0 Å². The van der Waals surface area contributed by atoms with Crippen molar-refractivity contribution in [3.63, 3.8) is 0 Å². The van der Waals surface area contributed by atoms with Crippen LogP contribution in [0.3, 0.4) is 0 Å². The third-order valence-electron chi connectivity index (χ3n) is 2.56. The highest BCUT2D eigenvalue weighted by molar-refractivity contribution is 5.29. The molecule has 0 amide bonds. The number of aliphatic hydroxyl groups is 1. The lowest BCUT2D eigenvalue weighted by molar-refractivity contribution is -0.0589. The van der Waals surface area contributed by atoms with Crippen molar-refractivity contribution in [3.8, 4) is 5.75 Å². The van der Waals surface area contributed by atoms with Crippen LogP contribution in [0, 0.1) is 0 Å². The molecule has 0 aromatic heterocycles. The highest BCUT2D eigenvalue weighted by Crippen LogP contribution is 2.29. The fourth-order valence-electron chi connectivity index (χ4n) is 1.72. The zero-order chi connectivity index (χ0) is 9.97. The second-order valence-electron chi connectivity index (χ2n) is 3.49. The number of rotatable bonds is 2. The van der Waals surface area contributed by atoms with Gasteiger partial charge in [0.2, 0.25) is 0 Å². The van der Waals surface area contributed by atoms with Gasteiger partial charge in [0.1, 0.15) is 5.75 Å². The maximum Gasteiger partial charge on any atom is 0.155 e. The lowest BCUT2D eigenvalue weighted by Crippen LogP contribution is -2.00. The van der Waals surface area contributed by atoms with Crippen molar-refractivity contribution in [2.24, 2.45) is 0 Å². The molecule has 0 spiro atoms. The van der Waals surface area contributed by atoms with E-state index in [2.05, 4.69) is 0 Å². The molecule has 1 N–H and O–H groups in total. The molecule has 1 heterocycles. The predicted octanol–water partition coefficient (Wildman–Crippen LogP) is 1.52. The second kappa shape index (κ2) is 3.98. The molecular formula is C11H14O3. The number of ether oxygens (including phenoxy) is 2. The molecule has 0 saturated carbocycles. The predicted molar refractivity (Wildman–Crippen MR) is 52.3 cm³/mol. The Hall–Kier alpha value is -1.06.